The fourth-order valence-electron chi connectivity index (χ4n) is 1.55. The zero-order chi connectivity index (χ0) is 9.26. The summed E-state index contributed by atoms with van der Waals surface area (Å²) in [6.07, 6.45) is 0. The average Bonchev–Trinajstić information content (AvgIpc) is 2.49. The van der Waals surface area contributed by atoms with Crippen LogP contribution in [0.15, 0.2) is 35.3 Å². The van der Waals surface area contributed by atoms with Crippen LogP contribution in [-0.4, -0.2) is 23.7 Å². The van der Waals surface area contributed by atoms with Gasteiger partial charge >= 0.3 is 0 Å². The van der Waals surface area contributed by atoms with E-state index in [1.54, 1.807) is 0 Å². The Balaban J connectivity index is 2.22. The number of aliphatic imine (C=N–C) groups is 1. The summed E-state index contributed by atoms with van der Waals surface area (Å²) in [7, 11) is 2.02. The van der Waals surface area contributed by atoms with Crippen LogP contribution in [0.25, 0.3) is 0 Å². The summed E-state index contributed by atoms with van der Waals surface area (Å²) >= 11 is 4.27. The minimum atomic E-state index is 0.369. The van der Waals surface area contributed by atoms with Crippen molar-refractivity contribution in [3.05, 3.63) is 35.9 Å². The lowest BCUT2D eigenvalue weighted by molar-refractivity contribution is 0.423. The second-order valence-corrected chi connectivity index (χ2v) is 3.58. The molecule has 1 aliphatic rings. The van der Waals surface area contributed by atoms with E-state index in [4.69, 9.17) is 0 Å². The first-order chi connectivity index (χ1) is 6.29. The predicted molar refractivity (Wildman–Crippen MR) is 58.2 cm³/mol. The van der Waals surface area contributed by atoms with Gasteiger partial charge in [0, 0.05) is 7.05 Å². The van der Waals surface area contributed by atoms with Crippen LogP contribution in [0, 0.1) is 0 Å². The molecule has 1 aromatic carbocycles. The van der Waals surface area contributed by atoms with E-state index in [9.17, 15) is 0 Å². The second-order valence-electron chi connectivity index (χ2n) is 3.18. The fourth-order valence-corrected chi connectivity index (χ4v) is 1.77. The van der Waals surface area contributed by atoms with E-state index in [1.807, 2.05) is 13.1 Å². The predicted octanol–water partition coefficient (Wildman–Crippen LogP) is 1.96. The number of benzene rings is 1. The highest BCUT2D eigenvalue weighted by Gasteiger charge is 2.22. The Morgan fingerprint density at radius 1 is 1.38 bits per heavy atom. The molecule has 0 saturated heterocycles. The molecule has 0 amide bonds. The van der Waals surface area contributed by atoms with Gasteiger partial charge in [-0.1, -0.05) is 30.3 Å². The van der Waals surface area contributed by atoms with Gasteiger partial charge in [-0.25, -0.2) is 0 Å². The van der Waals surface area contributed by atoms with Gasteiger partial charge in [0.15, 0.2) is 5.17 Å². The van der Waals surface area contributed by atoms with Crippen molar-refractivity contribution < 1.29 is 0 Å². The minimum Gasteiger partial charge on any atom is -0.346 e. The number of hydrogen-bond donors (Lipinski definition) is 1. The molecule has 2 rings (SSSR count). The number of hydrogen-bond acceptors (Lipinski definition) is 2. The minimum absolute atomic E-state index is 0.369. The van der Waals surface area contributed by atoms with Crippen molar-refractivity contribution in [3.63, 3.8) is 0 Å². The van der Waals surface area contributed by atoms with E-state index in [2.05, 4.69) is 46.8 Å². The van der Waals surface area contributed by atoms with Gasteiger partial charge in [-0.05, 0) is 5.56 Å². The first-order valence-electron chi connectivity index (χ1n) is 4.30. The molecule has 3 heteroatoms. The SMILES string of the molecule is CN1C(S)=NCC1c1ccccc1. The lowest BCUT2D eigenvalue weighted by Crippen LogP contribution is -2.23. The molecule has 68 valence electrons. The molecule has 0 saturated carbocycles. The summed E-state index contributed by atoms with van der Waals surface area (Å²) in [4.78, 5) is 6.38. The Labute approximate surface area is 83.7 Å². The molecule has 1 aromatic rings. The molecule has 2 nitrogen and oxygen atoms in total. The van der Waals surface area contributed by atoms with Crippen molar-refractivity contribution in [1.29, 1.82) is 0 Å². The lowest BCUT2D eigenvalue weighted by Gasteiger charge is -2.21. The molecular formula is C10H12N2S. The molecule has 0 aromatic heterocycles. The largest absolute Gasteiger partial charge is 0.346 e. The summed E-state index contributed by atoms with van der Waals surface area (Å²) in [5.41, 5.74) is 1.30. The molecule has 0 radical (unpaired) electrons. The van der Waals surface area contributed by atoms with E-state index >= 15 is 0 Å². The number of amidine groups is 1. The molecule has 13 heavy (non-hydrogen) atoms. The van der Waals surface area contributed by atoms with Gasteiger partial charge in [0.05, 0.1) is 12.6 Å². The van der Waals surface area contributed by atoms with Crippen molar-refractivity contribution in [2.24, 2.45) is 4.99 Å². The molecule has 0 spiro atoms. The molecule has 0 aliphatic carbocycles. The van der Waals surface area contributed by atoms with Crippen LogP contribution in [-0.2, 0) is 0 Å². The van der Waals surface area contributed by atoms with Gasteiger partial charge in [0.25, 0.3) is 0 Å². The van der Waals surface area contributed by atoms with E-state index < -0.39 is 0 Å². The summed E-state index contributed by atoms with van der Waals surface area (Å²) in [6, 6.07) is 10.8. The van der Waals surface area contributed by atoms with E-state index in [0.29, 0.717) is 6.04 Å². The quantitative estimate of drug-likeness (QED) is 0.672. The van der Waals surface area contributed by atoms with Crippen LogP contribution in [0.3, 0.4) is 0 Å². The average molecular weight is 192 g/mol. The van der Waals surface area contributed by atoms with Crippen molar-refractivity contribution in [1.82, 2.24) is 4.90 Å². The second kappa shape index (κ2) is 3.42. The van der Waals surface area contributed by atoms with Crippen LogP contribution in [0.1, 0.15) is 11.6 Å². The normalized spacial score (nSPS) is 21.8. The molecule has 1 aliphatic heterocycles. The summed E-state index contributed by atoms with van der Waals surface area (Å²) in [5, 5.41) is 0.828. The van der Waals surface area contributed by atoms with E-state index in [-0.39, 0.29) is 0 Å². The highest BCUT2D eigenvalue weighted by atomic mass is 32.1. The van der Waals surface area contributed by atoms with Gasteiger partial charge < -0.3 is 4.90 Å². The number of nitrogens with zero attached hydrogens (tertiary/aromatic N) is 2. The zero-order valence-corrected chi connectivity index (χ0v) is 8.41. The van der Waals surface area contributed by atoms with Gasteiger partial charge in [0.1, 0.15) is 0 Å². The Hall–Kier alpha value is -0.960. The third-order valence-electron chi connectivity index (χ3n) is 2.37. The monoisotopic (exact) mass is 192 g/mol. The van der Waals surface area contributed by atoms with Crippen LogP contribution in [0.5, 0.6) is 0 Å². The molecule has 0 bridgehead atoms. The van der Waals surface area contributed by atoms with E-state index in [1.165, 1.54) is 5.56 Å². The van der Waals surface area contributed by atoms with Crippen LogP contribution >= 0.6 is 12.6 Å². The number of thiol groups is 1. The Kier molecular flexibility index (Phi) is 2.27. The third-order valence-corrected chi connectivity index (χ3v) is 2.83. The maximum atomic E-state index is 4.28. The maximum Gasteiger partial charge on any atom is 0.156 e. The van der Waals surface area contributed by atoms with Gasteiger partial charge in [-0.15, -0.1) is 12.6 Å². The Bertz CT molecular complexity index is 321. The van der Waals surface area contributed by atoms with Crippen molar-refractivity contribution in [2.75, 3.05) is 13.6 Å². The summed E-state index contributed by atoms with van der Waals surface area (Å²) < 4.78 is 0. The molecule has 1 unspecified atom stereocenters. The smallest absolute Gasteiger partial charge is 0.156 e. The highest BCUT2D eigenvalue weighted by Crippen LogP contribution is 2.25. The van der Waals surface area contributed by atoms with Crippen molar-refractivity contribution >= 4 is 17.8 Å². The van der Waals surface area contributed by atoms with E-state index in [0.717, 1.165) is 11.7 Å². The summed E-state index contributed by atoms with van der Waals surface area (Å²) in [6.45, 7) is 0.819. The maximum absolute atomic E-state index is 4.28. The van der Waals surface area contributed by atoms with Crippen molar-refractivity contribution in [3.8, 4) is 0 Å². The van der Waals surface area contributed by atoms with Crippen LogP contribution < -0.4 is 0 Å². The molecule has 1 atom stereocenters. The molecular weight excluding hydrogens is 180 g/mol. The van der Waals surface area contributed by atoms with Gasteiger partial charge in [-0.2, -0.15) is 0 Å². The number of rotatable bonds is 1. The van der Waals surface area contributed by atoms with Crippen LogP contribution in [0.2, 0.25) is 0 Å². The number of likely N-dealkylation sites (N-methyl/N-ethyl adjacent to an activating group) is 1. The van der Waals surface area contributed by atoms with Crippen LogP contribution in [0.4, 0.5) is 0 Å². The molecule has 1 heterocycles. The molecule has 0 fully saturated rings. The summed E-state index contributed by atoms with van der Waals surface area (Å²) in [5.74, 6) is 0. The van der Waals surface area contributed by atoms with Crippen molar-refractivity contribution in [2.45, 2.75) is 6.04 Å². The first kappa shape index (κ1) is 8.63. The van der Waals surface area contributed by atoms with Gasteiger partial charge in [0.2, 0.25) is 0 Å². The van der Waals surface area contributed by atoms with Gasteiger partial charge in [-0.3, -0.25) is 4.99 Å². The molecule has 0 N–H and O–H groups in total. The third kappa shape index (κ3) is 1.56. The Morgan fingerprint density at radius 2 is 2.08 bits per heavy atom. The topological polar surface area (TPSA) is 15.6 Å². The standard InChI is InChI=1S/C10H12N2S/c1-12-9(7-11-10(12)13)8-5-3-2-4-6-8/h2-6,9H,7H2,1H3,(H,11,13). The first-order valence-corrected chi connectivity index (χ1v) is 4.75. The fraction of sp³-hybridized carbons (Fsp3) is 0.300. The zero-order valence-electron chi connectivity index (χ0n) is 7.51. The Morgan fingerprint density at radius 3 is 2.62 bits per heavy atom. The highest BCUT2D eigenvalue weighted by molar-refractivity contribution is 7.96. The lowest BCUT2D eigenvalue weighted by atomic mass is 10.1.